The van der Waals surface area contributed by atoms with Gasteiger partial charge in [0.25, 0.3) is 17.7 Å². The second-order valence-corrected chi connectivity index (χ2v) is 12.3. The van der Waals surface area contributed by atoms with Gasteiger partial charge in [0.15, 0.2) is 0 Å². The maximum absolute atomic E-state index is 15.3. The number of alkyl halides is 5. The zero-order valence-corrected chi connectivity index (χ0v) is 25.7. The van der Waals surface area contributed by atoms with E-state index in [2.05, 4.69) is 11.5 Å². The average molecular weight is 642 g/mol. The monoisotopic (exact) mass is 641 g/mol. The molecule has 2 amide bonds. The Morgan fingerprint density at radius 1 is 1.02 bits per heavy atom. The van der Waals surface area contributed by atoms with Crippen molar-refractivity contribution in [1.29, 1.82) is 0 Å². The molecular formula is C32H37ClF5N3O3. The van der Waals surface area contributed by atoms with Crippen LogP contribution in [0.2, 0.25) is 5.02 Å². The van der Waals surface area contributed by atoms with Gasteiger partial charge in [0.05, 0.1) is 22.8 Å². The van der Waals surface area contributed by atoms with Crippen LogP contribution < -0.4 is 4.90 Å². The van der Waals surface area contributed by atoms with E-state index in [-0.39, 0.29) is 24.9 Å². The lowest BCUT2D eigenvalue weighted by molar-refractivity contribution is -0.218. The summed E-state index contributed by atoms with van der Waals surface area (Å²) >= 11 is 6.39. The first kappa shape index (κ1) is 33.7. The minimum atomic E-state index is -4.79. The van der Waals surface area contributed by atoms with Crippen molar-refractivity contribution in [3.8, 4) is 0 Å². The molecule has 0 aromatic heterocycles. The molecule has 2 saturated heterocycles. The highest BCUT2D eigenvalue weighted by atomic mass is 35.5. The summed E-state index contributed by atoms with van der Waals surface area (Å²) in [5.74, 6) is -4.64. The fourth-order valence-corrected chi connectivity index (χ4v) is 6.31. The molecule has 6 nitrogen and oxygen atoms in total. The highest BCUT2D eigenvalue weighted by Gasteiger charge is 2.61. The van der Waals surface area contributed by atoms with Crippen molar-refractivity contribution in [2.75, 3.05) is 51.8 Å². The average Bonchev–Trinajstić information content (AvgIpc) is 2.94. The van der Waals surface area contributed by atoms with Crippen LogP contribution in [-0.2, 0) is 21.3 Å². The van der Waals surface area contributed by atoms with Crippen molar-refractivity contribution < 1.29 is 36.3 Å². The molecule has 0 N–H and O–H groups in total. The number of ether oxygens (including phenoxy) is 1. The first-order valence-corrected chi connectivity index (χ1v) is 14.8. The summed E-state index contributed by atoms with van der Waals surface area (Å²) in [7, 11) is 3.33. The first-order chi connectivity index (χ1) is 20.6. The van der Waals surface area contributed by atoms with E-state index in [9.17, 15) is 22.8 Å². The van der Waals surface area contributed by atoms with E-state index in [0.717, 1.165) is 56.2 Å². The third kappa shape index (κ3) is 6.88. The van der Waals surface area contributed by atoms with E-state index in [1.54, 1.807) is 26.2 Å². The topological polar surface area (TPSA) is 53.1 Å². The van der Waals surface area contributed by atoms with Gasteiger partial charge in [-0.3, -0.25) is 9.59 Å². The number of halogens is 6. The largest absolute Gasteiger partial charge is 0.416 e. The van der Waals surface area contributed by atoms with Crippen LogP contribution in [0, 0.1) is 11.8 Å². The van der Waals surface area contributed by atoms with Gasteiger partial charge in [-0.2, -0.15) is 13.2 Å². The van der Waals surface area contributed by atoms with E-state index in [1.807, 2.05) is 6.07 Å². The lowest BCUT2D eigenvalue weighted by Crippen LogP contribution is -2.63. The van der Waals surface area contributed by atoms with Crippen molar-refractivity contribution in [3.63, 3.8) is 0 Å². The second-order valence-electron chi connectivity index (χ2n) is 11.9. The number of piperidine rings is 1. The SMILES string of the molecule is C=CCOC(C(=O)N1CC(CC2CCN(c3ccc(C(=O)N(C)C)c(Cl)c3)CC2)C1)(c1cccc(C(F)(F)F)c1)C(C)(F)F. The molecule has 0 spiro atoms. The van der Waals surface area contributed by atoms with Gasteiger partial charge in [-0.15, -0.1) is 6.58 Å². The maximum atomic E-state index is 15.3. The van der Waals surface area contributed by atoms with Crippen LogP contribution in [0.15, 0.2) is 55.1 Å². The van der Waals surface area contributed by atoms with E-state index in [0.29, 0.717) is 29.5 Å². The third-order valence-corrected chi connectivity index (χ3v) is 8.73. The number of rotatable bonds is 10. The number of benzene rings is 2. The molecule has 2 aliphatic heterocycles. The minimum absolute atomic E-state index is 0.0744. The predicted octanol–water partition coefficient (Wildman–Crippen LogP) is 6.88. The number of amides is 2. The molecule has 0 bridgehead atoms. The molecular weight excluding hydrogens is 605 g/mol. The molecule has 12 heteroatoms. The third-order valence-electron chi connectivity index (χ3n) is 8.41. The van der Waals surface area contributed by atoms with Crippen LogP contribution in [0.25, 0.3) is 0 Å². The fourth-order valence-electron chi connectivity index (χ4n) is 6.06. The standard InChI is InChI=1S/C32H37ClF5N3O3/c1-5-15-44-31(30(2,34)35,23-7-6-8-24(17-23)32(36,37)38)29(43)41-19-22(20-41)16-21-11-13-40(14-12-21)25-9-10-26(27(33)18-25)28(42)39(3)4/h5-10,17-18,21-22H,1,11-16,19-20H2,2-4H3. The molecule has 0 aliphatic carbocycles. The summed E-state index contributed by atoms with van der Waals surface area (Å²) in [6.45, 7) is 5.45. The summed E-state index contributed by atoms with van der Waals surface area (Å²) in [4.78, 5) is 30.9. The molecule has 4 rings (SSSR count). The Kier molecular flexibility index (Phi) is 9.99. The van der Waals surface area contributed by atoms with Crippen LogP contribution >= 0.6 is 11.6 Å². The van der Waals surface area contributed by atoms with E-state index in [1.165, 1.54) is 15.9 Å². The Morgan fingerprint density at radius 2 is 1.66 bits per heavy atom. The normalized spacial score (nSPS) is 18.0. The smallest absolute Gasteiger partial charge is 0.371 e. The van der Waals surface area contributed by atoms with Gasteiger partial charge in [-0.1, -0.05) is 29.8 Å². The van der Waals surface area contributed by atoms with Gasteiger partial charge in [0.1, 0.15) is 0 Å². The zero-order chi connectivity index (χ0) is 32.4. The van der Waals surface area contributed by atoms with Gasteiger partial charge in [-0.05, 0) is 61.4 Å². The van der Waals surface area contributed by atoms with Crippen LogP contribution in [0.3, 0.4) is 0 Å². The number of nitrogens with zero attached hydrogens (tertiary/aromatic N) is 3. The fraction of sp³-hybridized carbons (Fsp3) is 0.500. The lowest BCUT2D eigenvalue weighted by Gasteiger charge is -2.47. The van der Waals surface area contributed by atoms with Gasteiger partial charge >= 0.3 is 6.18 Å². The highest BCUT2D eigenvalue weighted by molar-refractivity contribution is 6.34. The minimum Gasteiger partial charge on any atom is -0.371 e. The van der Waals surface area contributed by atoms with Crippen molar-refractivity contribution in [3.05, 3.63) is 76.8 Å². The second kappa shape index (κ2) is 13.0. The number of carbonyl (C=O) groups excluding carboxylic acids is 2. The molecule has 2 aromatic carbocycles. The highest BCUT2D eigenvalue weighted by Crippen LogP contribution is 2.46. The van der Waals surface area contributed by atoms with Crippen LogP contribution in [0.4, 0.5) is 27.6 Å². The van der Waals surface area contributed by atoms with E-state index < -0.39 is 41.3 Å². The summed E-state index contributed by atoms with van der Waals surface area (Å²) in [6.07, 6.45) is -1.06. The van der Waals surface area contributed by atoms with Crippen molar-refractivity contribution in [2.24, 2.45) is 11.8 Å². The molecule has 0 radical (unpaired) electrons. The maximum Gasteiger partial charge on any atom is 0.416 e. The number of likely N-dealkylation sites (tertiary alicyclic amines) is 1. The van der Waals surface area contributed by atoms with Crippen molar-refractivity contribution >= 4 is 29.1 Å². The molecule has 2 heterocycles. The van der Waals surface area contributed by atoms with Crippen molar-refractivity contribution in [1.82, 2.24) is 9.80 Å². The molecule has 0 saturated carbocycles. The Bertz CT molecular complexity index is 1370. The first-order valence-electron chi connectivity index (χ1n) is 14.4. The van der Waals surface area contributed by atoms with E-state index >= 15 is 8.78 Å². The molecule has 2 aliphatic rings. The molecule has 44 heavy (non-hydrogen) atoms. The summed E-state index contributed by atoms with van der Waals surface area (Å²) in [5, 5.41) is 0.387. The van der Waals surface area contributed by atoms with Crippen LogP contribution in [-0.4, -0.2) is 74.4 Å². The Labute approximate surface area is 259 Å². The Balaban J connectivity index is 1.40. The number of hydrogen-bond acceptors (Lipinski definition) is 4. The number of anilines is 1. The molecule has 2 aromatic rings. The molecule has 1 atom stereocenters. The summed E-state index contributed by atoms with van der Waals surface area (Å²) in [6, 6.07) is 8.80. The van der Waals surface area contributed by atoms with Gasteiger partial charge < -0.3 is 19.4 Å². The quantitative estimate of drug-likeness (QED) is 0.210. The lowest BCUT2D eigenvalue weighted by atomic mass is 9.80. The zero-order valence-electron chi connectivity index (χ0n) is 25.0. The van der Waals surface area contributed by atoms with Gasteiger partial charge in [-0.25, -0.2) is 8.78 Å². The predicted molar refractivity (Wildman–Crippen MR) is 159 cm³/mol. The van der Waals surface area contributed by atoms with Crippen LogP contribution in [0.1, 0.15) is 47.7 Å². The van der Waals surface area contributed by atoms with Crippen LogP contribution in [0.5, 0.6) is 0 Å². The van der Waals surface area contributed by atoms with Gasteiger partial charge in [0, 0.05) is 58.4 Å². The number of hydrogen-bond donors (Lipinski definition) is 0. The molecule has 240 valence electrons. The Hall–Kier alpha value is -3.18. The summed E-state index contributed by atoms with van der Waals surface area (Å²) < 4.78 is 76.4. The molecule has 2 fully saturated rings. The van der Waals surface area contributed by atoms with E-state index in [4.69, 9.17) is 16.3 Å². The number of carbonyl (C=O) groups is 2. The Morgan fingerprint density at radius 3 is 2.20 bits per heavy atom. The molecule has 1 unspecified atom stereocenters. The summed E-state index contributed by atoms with van der Waals surface area (Å²) in [5.41, 5.74) is -3.28. The van der Waals surface area contributed by atoms with Gasteiger partial charge in [0.2, 0.25) is 5.60 Å². The van der Waals surface area contributed by atoms with Crippen molar-refractivity contribution in [2.45, 2.75) is 43.9 Å².